The van der Waals surface area contributed by atoms with Crippen molar-refractivity contribution in [1.29, 1.82) is 0 Å². The molecule has 2 aromatic heterocycles. The van der Waals surface area contributed by atoms with Crippen LogP contribution in [0.1, 0.15) is 54.3 Å². The smallest absolute Gasteiger partial charge is 0.336 e. The molecular formula is C28H39N5O7. The average Bonchev–Trinajstić information content (AvgIpc) is 3.48. The van der Waals surface area contributed by atoms with E-state index in [-0.39, 0.29) is 0 Å². The van der Waals surface area contributed by atoms with Crippen LogP contribution in [0.2, 0.25) is 0 Å². The number of carboxylic acid groups (broad SMARTS) is 3. The summed E-state index contributed by atoms with van der Waals surface area (Å²) in [6, 6.07) is 8.69. The number of aryl methyl sites for hydroxylation is 4. The van der Waals surface area contributed by atoms with Gasteiger partial charge in [0.25, 0.3) is 0 Å². The van der Waals surface area contributed by atoms with Crippen LogP contribution in [0.5, 0.6) is 0 Å². The molecule has 0 spiro atoms. The van der Waals surface area contributed by atoms with Crippen molar-refractivity contribution in [3.8, 4) is 0 Å². The largest absolute Gasteiger partial charge is 0.481 e. The summed E-state index contributed by atoms with van der Waals surface area (Å²) in [5.74, 6) is -5.02. The highest BCUT2D eigenvalue weighted by molar-refractivity contribution is 5.88. The number of hydrogen-bond donors (Lipinski definition) is 4. The van der Waals surface area contributed by atoms with Crippen LogP contribution in [0.4, 0.5) is 0 Å². The predicted octanol–water partition coefficient (Wildman–Crippen LogP) is 2.87. The highest BCUT2D eigenvalue weighted by atomic mass is 16.4. The molecule has 12 nitrogen and oxygen atoms in total. The summed E-state index contributed by atoms with van der Waals surface area (Å²) in [5.41, 5.74) is 3.83. The fourth-order valence-electron chi connectivity index (χ4n) is 4.35. The fourth-order valence-corrected chi connectivity index (χ4v) is 4.35. The second-order valence-electron chi connectivity index (χ2n) is 9.73. The lowest BCUT2D eigenvalue weighted by atomic mass is 9.96. The number of imidazole rings is 1. The van der Waals surface area contributed by atoms with Gasteiger partial charge in [-0.2, -0.15) is 5.10 Å². The van der Waals surface area contributed by atoms with Crippen molar-refractivity contribution in [2.45, 2.75) is 78.7 Å². The third-order valence-electron chi connectivity index (χ3n) is 6.60. The van der Waals surface area contributed by atoms with Crippen molar-refractivity contribution in [3.05, 3.63) is 71.1 Å². The quantitative estimate of drug-likeness (QED) is 0.231. The summed E-state index contributed by atoms with van der Waals surface area (Å²) in [5, 5.41) is 38.5. The number of aromatic nitrogens is 4. The fraction of sp³-hybridized carbons (Fsp3) is 0.464. The van der Waals surface area contributed by atoms with Gasteiger partial charge in [0.05, 0.1) is 24.9 Å². The minimum atomic E-state index is -2.74. The lowest BCUT2D eigenvalue weighted by Gasteiger charge is -2.24. The first kappa shape index (κ1) is 32.2. The van der Waals surface area contributed by atoms with Gasteiger partial charge in [-0.05, 0) is 45.2 Å². The summed E-state index contributed by atoms with van der Waals surface area (Å²) in [4.78, 5) is 37.2. The Labute approximate surface area is 233 Å². The first-order valence-electron chi connectivity index (χ1n) is 13.0. The number of aliphatic carboxylic acids is 3. The Morgan fingerprint density at radius 1 is 1.00 bits per heavy atom. The zero-order chi connectivity index (χ0) is 29.9. The molecule has 0 fully saturated rings. The highest BCUT2D eigenvalue weighted by Crippen LogP contribution is 2.19. The summed E-state index contributed by atoms with van der Waals surface area (Å²) in [6.45, 7) is 13.5. The summed E-state index contributed by atoms with van der Waals surface area (Å²) in [6.07, 6.45) is 4.58. The zero-order valence-corrected chi connectivity index (χ0v) is 23.4. The summed E-state index contributed by atoms with van der Waals surface area (Å²) < 4.78 is 4.26. The normalized spacial score (nSPS) is 11.2. The maximum atomic E-state index is 10.3. The molecule has 0 saturated carbocycles. The number of hydrogen-bond acceptors (Lipinski definition) is 7. The number of nitrogens with zero attached hydrogens (tertiary/aromatic N) is 5. The lowest BCUT2D eigenvalue weighted by Crippen LogP contribution is -2.42. The van der Waals surface area contributed by atoms with Gasteiger partial charge in [-0.15, -0.1) is 0 Å². The Balaban J connectivity index is 0.000000366. The lowest BCUT2D eigenvalue weighted by molar-refractivity contribution is -0.170. The van der Waals surface area contributed by atoms with E-state index >= 15 is 0 Å². The van der Waals surface area contributed by atoms with Gasteiger partial charge in [0.2, 0.25) is 0 Å². The second-order valence-corrected chi connectivity index (χ2v) is 9.73. The molecule has 218 valence electrons. The third kappa shape index (κ3) is 9.62. The van der Waals surface area contributed by atoms with E-state index in [9.17, 15) is 14.4 Å². The minimum Gasteiger partial charge on any atom is -0.481 e. The van der Waals surface area contributed by atoms with E-state index in [0.29, 0.717) is 0 Å². The molecule has 0 radical (unpaired) electrons. The summed E-state index contributed by atoms with van der Waals surface area (Å²) >= 11 is 0. The van der Waals surface area contributed by atoms with Gasteiger partial charge in [0.15, 0.2) is 5.60 Å². The van der Waals surface area contributed by atoms with Crippen LogP contribution < -0.4 is 0 Å². The van der Waals surface area contributed by atoms with Crippen LogP contribution in [-0.4, -0.2) is 74.7 Å². The van der Waals surface area contributed by atoms with Gasteiger partial charge in [0, 0.05) is 56.4 Å². The number of benzene rings is 1. The van der Waals surface area contributed by atoms with E-state index in [1.54, 1.807) is 0 Å². The molecule has 0 aliphatic heterocycles. The monoisotopic (exact) mass is 557 g/mol. The molecule has 0 amide bonds. The molecule has 4 N–H and O–H groups in total. The summed E-state index contributed by atoms with van der Waals surface area (Å²) in [7, 11) is 0. The second kappa shape index (κ2) is 14.9. The Kier molecular flexibility index (Phi) is 12.0. The Morgan fingerprint density at radius 3 is 2.15 bits per heavy atom. The SMILES string of the molecule is CCn1nc(C)c(CN(CCCn2ccnc2)Cc2ccccc2C)c1C.O=C(O)CC(O)(CC(=O)O)C(=O)O. The Hall–Kier alpha value is -4.03. The molecule has 0 saturated heterocycles. The van der Waals surface area contributed by atoms with E-state index in [0.717, 1.165) is 44.8 Å². The maximum Gasteiger partial charge on any atom is 0.336 e. The van der Waals surface area contributed by atoms with Crippen molar-refractivity contribution in [2.75, 3.05) is 6.54 Å². The van der Waals surface area contributed by atoms with Crippen molar-refractivity contribution < 1.29 is 34.8 Å². The molecule has 12 heteroatoms. The standard InChI is InChI=1S/C22H31N5.C6H8O7/c1-5-27-20(4)22(19(3)24-27)16-26(13-8-12-25-14-11-23-17-25)15-21-10-7-6-9-18(21)2;7-3(8)1-6(13,5(11)12)2-4(9)10/h6-7,9-11,14,17H,5,8,12-13,15-16H2,1-4H3;13H,1-2H2,(H,7,8)(H,9,10)(H,11,12). The maximum absolute atomic E-state index is 10.3. The highest BCUT2D eigenvalue weighted by Gasteiger charge is 2.40. The molecular weight excluding hydrogens is 518 g/mol. The van der Waals surface area contributed by atoms with Crippen LogP contribution in [0, 0.1) is 20.8 Å². The molecule has 0 aliphatic rings. The zero-order valence-electron chi connectivity index (χ0n) is 23.4. The number of rotatable bonds is 14. The first-order chi connectivity index (χ1) is 18.9. The van der Waals surface area contributed by atoms with Gasteiger partial charge in [-0.3, -0.25) is 19.2 Å². The van der Waals surface area contributed by atoms with Crippen molar-refractivity contribution in [3.63, 3.8) is 0 Å². The van der Waals surface area contributed by atoms with Crippen LogP contribution in [-0.2, 0) is 40.6 Å². The van der Waals surface area contributed by atoms with Gasteiger partial charge in [-0.25, -0.2) is 9.78 Å². The minimum absolute atomic E-state index is 0.922. The molecule has 1 aromatic carbocycles. The average molecular weight is 558 g/mol. The molecule has 0 atom stereocenters. The van der Waals surface area contributed by atoms with Crippen LogP contribution >= 0.6 is 0 Å². The molecule has 40 heavy (non-hydrogen) atoms. The van der Waals surface area contributed by atoms with Crippen molar-refractivity contribution in [1.82, 2.24) is 24.2 Å². The van der Waals surface area contributed by atoms with Gasteiger partial charge in [-0.1, -0.05) is 24.3 Å². The third-order valence-corrected chi connectivity index (χ3v) is 6.60. The van der Waals surface area contributed by atoms with Crippen LogP contribution in [0.25, 0.3) is 0 Å². The topological polar surface area (TPSA) is 171 Å². The number of aliphatic hydroxyl groups is 1. The molecule has 0 unspecified atom stereocenters. The van der Waals surface area contributed by atoms with Gasteiger partial charge in [0.1, 0.15) is 0 Å². The van der Waals surface area contributed by atoms with E-state index in [4.69, 9.17) is 25.5 Å². The Bertz CT molecular complexity index is 1250. The first-order valence-corrected chi connectivity index (χ1v) is 13.0. The van der Waals surface area contributed by atoms with Gasteiger partial charge < -0.3 is 25.0 Å². The van der Waals surface area contributed by atoms with E-state index in [2.05, 4.69) is 71.1 Å². The molecule has 0 bridgehead atoms. The van der Waals surface area contributed by atoms with Crippen molar-refractivity contribution >= 4 is 17.9 Å². The van der Waals surface area contributed by atoms with Gasteiger partial charge >= 0.3 is 17.9 Å². The Morgan fingerprint density at radius 2 is 1.65 bits per heavy atom. The molecule has 3 aromatic rings. The molecule has 3 rings (SSSR count). The number of carboxylic acids is 3. The predicted molar refractivity (Wildman–Crippen MR) is 147 cm³/mol. The van der Waals surface area contributed by atoms with Crippen LogP contribution in [0.3, 0.4) is 0 Å². The number of carbonyl (C=O) groups is 3. The molecule has 2 heterocycles. The van der Waals surface area contributed by atoms with Crippen LogP contribution in [0.15, 0.2) is 43.0 Å². The van der Waals surface area contributed by atoms with Crippen molar-refractivity contribution in [2.24, 2.45) is 0 Å². The van der Waals surface area contributed by atoms with E-state index in [1.807, 2.05) is 18.7 Å². The molecule has 0 aliphatic carbocycles. The van der Waals surface area contributed by atoms with E-state index in [1.165, 1.54) is 22.4 Å². The van der Waals surface area contributed by atoms with E-state index < -0.39 is 36.4 Å².